The van der Waals surface area contributed by atoms with E-state index in [0.29, 0.717) is 6.61 Å². The van der Waals surface area contributed by atoms with Crippen molar-refractivity contribution in [2.24, 2.45) is 5.73 Å². The summed E-state index contributed by atoms with van der Waals surface area (Å²) in [4.78, 5) is 0. The molecule has 2 nitrogen and oxygen atoms in total. The first-order valence-electron chi connectivity index (χ1n) is 6.89. The molecular formula is C17H20ClNO. The monoisotopic (exact) mass is 289 g/mol. The van der Waals surface area contributed by atoms with Gasteiger partial charge in [-0.05, 0) is 36.6 Å². The summed E-state index contributed by atoms with van der Waals surface area (Å²) in [6.45, 7) is 2.58. The van der Waals surface area contributed by atoms with E-state index in [9.17, 15) is 0 Å². The van der Waals surface area contributed by atoms with Crippen LogP contribution >= 0.6 is 11.6 Å². The Kier molecular flexibility index (Phi) is 5.45. The normalized spacial score (nSPS) is 12.2. The lowest BCUT2D eigenvalue weighted by Crippen LogP contribution is -2.21. The Hall–Kier alpha value is -1.51. The lowest BCUT2D eigenvalue weighted by molar-refractivity contribution is 0.306. The van der Waals surface area contributed by atoms with Gasteiger partial charge in [0.05, 0.1) is 0 Å². The summed E-state index contributed by atoms with van der Waals surface area (Å²) in [7, 11) is 0. The molecule has 0 heterocycles. The predicted molar refractivity (Wildman–Crippen MR) is 84.2 cm³/mol. The first kappa shape index (κ1) is 14.9. The first-order valence-corrected chi connectivity index (χ1v) is 7.27. The molecule has 0 spiro atoms. The highest BCUT2D eigenvalue weighted by atomic mass is 35.5. The Morgan fingerprint density at radius 1 is 1.10 bits per heavy atom. The molecule has 0 bridgehead atoms. The molecule has 2 rings (SSSR count). The molecule has 0 aromatic heterocycles. The Bertz CT molecular complexity index is 539. The molecule has 0 saturated carbocycles. The fraction of sp³-hybridized carbons (Fsp3) is 0.294. The van der Waals surface area contributed by atoms with Crippen molar-refractivity contribution in [3.05, 3.63) is 64.7 Å². The van der Waals surface area contributed by atoms with E-state index in [1.807, 2.05) is 36.4 Å². The largest absolute Gasteiger partial charge is 0.489 e. The molecule has 3 heteroatoms. The SMILES string of the molecule is CCC(N)Cc1ccc(OCc2ccccc2Cl)cc1. The minimum absolute atomic E-state index is 0.227. The molecule has 0 amide bonds. The number of halogens is 1. The van der Waals surface area contributed by atoms with Crippen molar-refractivity contribution in [3.8, 4) is 5.75 Å². The Labute approximate surface area is 125 Å². The van der Waals surface area contributed by atoms with E-state index >= 15 is 0 Å². The Morgan fingerprint density at radius 3 is 2.45 bits per heavy atom. The van der Waals surface area contributed by atoms with E-state index in [0.717, 1.165) is 29.2 Å². The van der Waals surface area contributed by atoms with Crippen molar-refractivity contribution in [2.75, 3.05) is 0 Å². The van der Waals surface area contributed by atoms with Crippen LogP contribution in [0.25, 0.3) is 0 Å². The molecule has 2 N–H and O–H groups in total. The number of nitrogens with two attached hydrogens (primary N) is 1. The molecule has 0 fully saturated rings. The quantitative estimate of drug-likeness (QED) is 0.865. The molecule has 0 saturated heterocycles. The lowest BCUT2D eigenvalue weighted by atomic mass is 10.0. The second-order valence-electron chi connectivity index (χ2n) is 4.90. The van der Waals surface area contributed by atoms with Crippen LogP contribution in [0.15, 0.2) is 48.5 Å². The van der Waals surface area contributed by atoms with E-state index in [4.69, 9.17) is 22.1 Å². The zero-order valence-electron chi connectivity index (χ0n) is 11.7. The van der Waals surface area contributed by atoms with E-state index in [1.165, 1.54) is 5.56 Å². The second-order valence-corrected chi connectivity index (χ2v) is 5.30. The number of hydrogen-bond acceptors (Lipinski definition) is 2. The zero-order valence-corrected chi connectivity index (χ0v) is 12.4. The van der Waals surface area contributed by atoms with Crippen LogP contribution in [0.1, 0.15) is 24.5 Å². The van der Waals surface area contributed by atoms with Crippen molar-refractivity contribution in [1.29, 1.82) is 0 Å². The zero-order chi connectivity index (χ0) is 14.4. The number of hydrogen-bond donors (Lipinski definition) is 1. The maximum atomic E-state index is 6.10. The lowest BCUT2D eigenvalue weighted by Gasteiger charge is -2.10. The molecule has 0 radical (unpaired) electrons. The number of benzene rings is 2. The van der Waals surface area contributed by atoms with Crippen LogP contribution in [0, 0.1) is 0 Å². The van der Waals surface area contributed by atoms with E-state index in [-0.39, 0.29) is 6.04 Å². The van der Waals surface area contributed by atoms with Crippen molar-refractivity contribution >= 4 is 11.6 Å². The third-order valence-corrected chi connectivity index (χ3v) is 3.67. The summed E-state index contributed by atoms with van der Waals surface area (Å²) >= 11 is 6.10. The van der Waals surface area contributed by atoms with Crippen molar-refractivity contribution < 1.29 is 4.74 Å². The van der Waals surface area contributed by atoms with Crippen LogP contribution in [0.4, 0.5) is 0 Å². The van der Waals surface area contributed by atoms with Gasteiger partial charge in [0.15, 0.2) is 0 Å². The first-order chi connectivity index (χ1) is 9.69. The van der Waals surface area contributed by atoms with Gasteiger partial charge in [-0.2, -0.15) is 0 Å². The molecule has 106 valence electrons. The summed E-state index contributed by atoms with van der Waals surface area (Å²) in [6, 6.07) is 16.0. The summed E-state index contributed by atoms with van der Waals surface area (Å²) in [5.74, 6) is 0.846. The highest BCUT2D eigenvalue weighted by Crippen LogP contribution is 2.19. The summed E-state index contributed by atoms with van der Waals surface area (Å²) in [5, 5.41) is 0.734. The molecular weight excluding hydrogens is 270 g/mol. The van der Waals surface area contributed by atoms with Crippen LogP contribution in [-0.2, 0) is 13.0 Å². The Morgan fingerprint density at radius 2 is 1.80 bits per heavy atom. The average Bonchev–Trinajstić information content (AvgIpc) is 2.48. The summed E-state index contributed by atoms with van der Waals surface area (Å²) in [6.07, 6.45) is 1.89. The third-order valence-electron chi connectivity index (χ3n) is 3.30. The van der Waals surface area contributed by atoms with Crippen LogP contribution in [-0.4, -0.2) is 6.04 Å². The van der Waals surface area contributed by atoms with E-state index in [1.54, 1.807) is 0 Å². The fourth-order valence-electron chi connectivity index (χ4n) is 1.95. The summed E-state index contributed by atoms with van der Waals surface area (Å²) in [5.41, 5.74) is 8.18. The number of rotatable bonds is 6. The minimum atomic E-state index is 0.227. The third kappa shape index (κ3) is 4.26. The highest BCUT2D eigenvalue weighted by molar-refractivity contribution is 6.31. The van der Waals surface area contributed by atoms with Gasteiger partial charge in [-0.25, -0.2) is 0 Å². The van der Waals surface area contributed by atoms with E-state index in [2.05, 4.69) is 19.1 Å². The van der Waals surface area contributed by atoms with Crippen LogP contribution in [0.5, 0.6) is 5.75 Å². The molecule has 0 aliphatic carbocycles. The van der Waals surface area contributed by atoms with Gasteiger partial charge in [-0.3, -0.25) is 0 Å². The van der Waals surface area contributed by atoms with Crippen LogP contribution in [0.2, 0.25) is 5.02 Å². The van der Waals surface area contributed by atoms with Gasteiger partial charge in [-0.1, -0.05) is 48.9 Å². The van der Waals surface area contributed by atoms with Gasteiger partial charge in [0, 0.05) is 16.6 Å². The smallest absolute Gasteiger partial charge is 0.119 e. The van der Waals surface area contributed by atoms with Gasteiger partial charge in [0.25, 0.3) is 0 Å². The van der Waals surface area contributed by atoms with Gasteiger partial charge in [0.1, 0.15) is 12.4 Å². The van der Waals surface area contributed by atoms with Crippen molar-refractivity contribution in [1.82, 2.24) is 0 Å². The molecule has 2 aromatic rings. The highest BCUT2D eigenvalue weighted by Gasteiger charge is 2.03. The van der Waals surface area contributed by atoms with Gasteiger partial charge < -0.3 is 10.5 Å². The van der Waals surface area contributed by atoms with Gasteiger partial charge >= 0.3 is 0 Å². The second kappa shape index (κ2) is 7.32. The van der Waals surface area contributed by atoms with Gasteiger partial charge in [-0.15, -0.1) is 0 Å². The molecule has 20 heavy (non-hydrogen) atoms. The summed E-state index contributed by atoms with van der Waals surface area (Å²) < 4.78 is 5.74. The van der Waals surface area contributed by atoms with Crippen molar-refractivity contribution in [2.45, 2.75) is 32.4 Å². The minimum Gasteiger partial charge on any atom is -0.489 e. The molecule has 2 aromatic carbocycles. The molecule has 0 aliphatic heterocycles. The average molecular weight is 290 g/mol. The van der Waals surface area contributed by atoms with Gasteiger partial charge in [0.2, 0.25) is 0 Å². The van der Waals surface area contributed by atoms with Crippen LogP contribution < -0.4 is 10.5 Å². The fourth-order valence-corrected chi connectivity index (χ4v) is 2.14. The van der Waals surface area contributed by atoms with Crippen LogP contribution in [0.3, 0.4) is 0 Å². The predicted octanol–water partition coefficient (Wildman–Crippen LogP) is 4.20. The Balaban J connectivity index is 1.92. The maximum Gasteiger partial charge on any atom is 0.119 e. The number of ether oxygens (including phenoxy) is 1. The molecule has 1 unspecified atom stereocenters. The van der Waals surface area contributed by atoms with Crippen molar-refractivity contribution in [3.63, 3.8) is 0 Å². The molecule has 1 atom stereocenters. The topological polar surface area (TPSA) is 35.2 Å². The maximum absolute atomic E-state index is 6.10. The molecule has 0 aliphatic rings. The van der Waals surface area contributed by atoms with E-state index < -0.39 is 0 Å². The standard InChI is InChI=1S/C17H20ClNO/c1-2-15(19)11-13-7-9-16(10-8-13)20-12-14-5-3-4-6-17(14)18/h3-10,15H,2,11-12,19H2,1H3.